The standard InChI is InChI=1S/C14H12ClIN4O2/c1-9-8-17-13(15)18-11(9)20(14(22)19(2)16)12(21)10-6-4-3-5-7-10/h3-8H,1-2H3. The molecular weight excluding hydrogens is 419 g/mol. The van der Waals surface area contributed by atoms with Gasteiger partial charge < -0.3 is 0 Å². The molecule has 8 heteroatoms. The van der Waals surface area contributed by atoms with Crippen molar-refractivity contribution in [2.24, 2.45) is 0 Å². The molecule has 1 heterocycles. The van der Waals surface area contributed by atoms with Crippen LogP contribution in [0.1, 0.15) is 15.9 Å². The zero-order valence-corrected chi connectivity index (χ0v) is 14.7. The molecule has 2 rings (SSSR count). The number of amides is 3. The predicted octanol–water partition coefficient (Wildman–Crippen LogP) is 3.49. The quantitative estimate of drug-likeness (QED) is 0.416. The number of rotatable bonds is 2. The fourth-order valence-electron chi connectivity index (χ4n) is 1.76. The molecule has 0 N–H and O–H groups in total. The van der Waals surface area contributed by atoms with Crippen LogP contribution in [0.25, 0.3) is 0 Å². The van der Waals surface area contributed by atoms with Crippen molar-refractivity contribution in [3.8, 4) is 0 Å². The van der Waals surface area contributed by atoms with Crippen LogP contribution < -0.4 is 4.90 Å². The van der Waals surface area contributed by atoms with Gasteiger partial charge in [0.1, 0.15) is 0 Å². The van der Waals surface area contributed by atoms with E-state index < -0.39 is 11.9 Å². The number of aryl methyl sites for hydroxylation is 1. The first-order chi connectivity index (χ1) is 10.4. The van der Waals surface area contributed by atoms with E-state index in [-0.39, 0.29) is 11.1 Å². The summed E-state index contributed by atoms with van der Waals surface area (Å²) in [7, 11) is 1.55. The summed E-state index contributed by atoms with van der Waals surface area (Å²) in [5.41, 5.74) is 0.948. The number of halogens is 2. The van der Waals surface area contributed by atoms with Gasteiger partial charge in [-0.2, -0.15) is 4.98 Å². The predicted molar refractivity (Wildman–Crippen MR) is 92.2 cm³/mol. The molecule has 0 aliphatic heterocycles. The Labute approximate surface area is 146 Å². The highest BCUT2D eigenvalue weighted by Crippen LogP contribution is 2.22. The number of imide groups is 1. The Morgan fingerprint density at radius 3 is 2.45 bits per heavy atom. The number of aromatic nitrogens is 2. The molecule has 0 atom stereocenters. The second-order valence-electron chi connectivity index (χ2n) is 4.41. The Morgan fingerprint density at radius 1 is 1.23 bits per heavy atom. The van der Waals surface area contributed by atoms with Crippen molar-refractivity contribution >= 4 is 52.2 Å². The Hall–Kier alpha value is -1.74. The highest BCUT2D eigenvalue weighted by molar-refractivity contribution is 14.1. The van der Waals surface area contributed by atoms with Gasteiger partial charge in [-0.25, -0.2) is 14.7 Å². The molecular formula is C14H12ClIN4O2. The molecule has 0 fully saturated rings. The molecule has 0 radical (unpaired) electrons. The van der Waals surface area contributed by atoms with Crippen molar-refractivity contribution in [2.75, 3.05) is 11.9 Å². The fourth-order valence-corrected chi connectivity index (χ4v) is 2.10. The summed E-state index contributed by atoms with van der Waals surface area (Å²) in [4.78, 5) is 34.0. The first-order valence-electron chi connectivity index (χ1n) is 6.24. The maximum absolute atomic E-state index is 12.7. The average molecular weight is 431 g/mol. The van der Waals surface area contributed by atoms with Gasteiger partial charge in [-0.3, -0.25) is 7.91 Å². The SMILES string of the molecule is Cc1cnc(Cl)nc1N(C(=O)c1ccccc1)C(=O)N(C)I. The maximum Gasteiger partial charge on any atom is 0.341 e. The smallest absolute Gasteiger partial charge is 0.269 e. The molecule has 0 spiro atoms. The van der Waals surface area contributed by atoms with Crippen LogP contribution in [0.3, 0.4) is 0 Å². The normalized spacial score (nSPS) is 10.2. The first-order valence-corrected chi connectivity index (χ1v) is 7.58. The van der Waals surface area contributed by atoms with Crippen molar-refractivity contribution in [1.82, 2.24) is 13.1 Å². The molecule has 0 bridgehead atoms. The minimum atomic E-state index is -0.521. The number of carbonyl (C=O) groups is 2. The highest BCUT2D eigenvalue weighted by Gasteiger charge is 2.29. The van der Waals surface area contributed by atoms with Gasteiger partial charge in [0.25, 0.3) is 5.91 Å². The minimum absolute atomic E-state index is 0.0321. The van der Waals surface area contributed by atoms with Crippen LogP contribution in [-0.4, -0.2) is 32.1 Å². The molecule has 1 aromatic heterocycles. The molecule has 6 nitrogen and oxygen atoms in total. The van der Waals surface area contributed by atoms with Crippen LogP contribution in [0, 0.1) is 6.92 Å². The molecule has 0 unspecified atom stereocenters. The third-order valence-electron chi connectivity index (χ3n) is 2.81. The van der Waals surface area contributed by atoms with Gasteiger partial charge >= 0.3 is 6.03 Å². The Balaban J connectivity index is 2.55. The van der Waals surface area contributed by atoms with Gasteiger partial charge in [0.05, 0.1) is 22.9 Å². The zero-order chi connectivity index (χ0) is 16.3. The molecule has 22 heavy (non-hydrogen) atoms. The van der Waals surface area contributed by atoms with Gasteiger partial charge in [0, 0.05) is 24.4 Å². The molecule has 1 aromatic carbocycles. The third-order valence-corrected chi connectivity index (χ3v) is 3.40. The van der Waals surface area contributed by atoms with Gasteiger partial charge in [-0.05, 0) is 30.7 Å². The molecule has 3 amide bonds. The van der Waals surface area contributed by atoms with Crippen LogP contribution in [0.15, 0.2) is 36.5 Å². The van der Waals surface area contributed by atoms with Crippen LogP contribution in [0.4, 0.5) is 10.6 Å². The van der Waals surface area contributed by atoms with Gasteiger partial charge in [-0.1, -0.05) is 18.2 Å². The van der Waals surface area contributed by atoms with E-state index >= 15 is 0 Å². The molecule has 0 saturated heterocycles. The lowest BCUT2D eigenvalue weighted by Crippen LogP contribution is -2.42. The lowest BCUT2D eigenvalue weighted by atomic mass is 10.2. The summed E-state index contributed by atoms with van der Waals surface area (Å²) in [6.07, 6.45) is 1.47. The molecule has 0 aliphatic carbocycles. The zero-order valence-electron chi connectivity index (χ0n) is 11.8. The third kappa shape index (κ3) is 3.53. The summed E-state index contributed by atoms with van der Waals surface area (Å²) in [6.45, 7) is 1.71. The van der Waals surface area contributed by atoms with Crippen molar-refractivity contribution in [3.05, 3.63) is 52.9 Å². The van der Waals surface area contributed by atoms with Crippen molar-refractivity contribution in [2.45, 2.75) is 6.92 Å². The van der Waals surface area contributed by atoms with E-state index in [0.29, 0.717) is 11.1 Å². The van der Waals surface area contributed by atoms with Gasteiger partial charge in [-0.15, -0.1) is 0 Å². The number of benzene rings is 1. The Kier molecular flexibility index (Phi) is 5.30. The number of hydrogen-bond acceptors (Lipinski definition) is 4. The maximum atomic E-state index is 12.7. The van der Waals surface area contributed by atoms with Crippen LogP contribution in [0.5, 0.6) is 0 Å². The van der Waals surface area contributed by atoms with E-state index in [1.165, 1.54) is 9.31 Å². The molecule has 0 aliphatic rings. The number of urea groups is 1. The van der Waals surface area contributed by atoms with E-state index in [4.69, 9.17) is 11.6 Å². The number of carbonyl (C=O) groups excluding carboxylic acids is 2. The minimum Gasteiger partial charge on any atom is -0.269 e. The largest absolute Gasteiger partial charge is 0.341 e. The average Bonchev–Trinajstić information content (AvgIpc) is 2.51. The van der Waals surface area contributed by atoms with Gasteiger partial charge in [0.15, 0.2) is 5.82 Å². The molecule has 2 aromatic rings. The lowest BCUT2D eigenvalue weighted by molar-refractivity contribution is 0.0991. The monoisotopic (exact) mass is 430 g/mol. The van der Waals surface area contributed by atoms with Gasteiger partial charge in [0.2, 0.25) is 5.28 Å². The van der Waals surface area contributed by atoms with Crippen molar-refractivity contribution in [3.63, 3.8) is 0 Å². The van der Waals surface area contributed by atoms with Crippen LogP contribution in [0.2, 0.25) is 5.28 Å². The van der Waals surface area contributed by atoms with Crippen LogP contribution >= 0.6 is 34.5 Å². The summed E-state index contributed by atoms with van der Waals surface area (Å²) in [5.74, 6) is -0.311. The fraction of sp³-hybridized carbons (Fsp3) is 0.143. The van der Waals surface area contributed by atoms with Crippen LogP contribution in [-0.2, 0) is 0 Å². The van der Waals surface area contributed by atoms with E-state index in [2.05, 4.69) is 9.97 Å². The summed E-state index contributed by atoms with van der Waals surface area (Å²) >= 11 is 7.61. The second kappa shape index (κ2) is 7.01. The lowest BCUT2D eigenvalue weighted by Gasteiger charge is -2.23. The van der Waals surface area contributed by atoms with E-state index in [1.807, 2.05) is 0 Å². The first kappa shape index (κ1) is 16.6. The second-order valence-corrected chi connectivity index (χ2v) is 6.20. The molecule has 114 valence electrons. The summed E-state index contributed by atoms with van der Waals surface area (Å²) in [6, 6.07) is 7.99. The Morgan fingerprint density at radius 2 is 1.86 bits per heavy atom. The van der Waals surface area contributed by atoms with Crippen molar-refractivity contribution < 1.29 is 9.59 Å². The summed E-state index contributed by atoms with van der Waals surface area (Å²) < 4.78 is 1.27. The number of hydrogen-bond donors (Lipinski definition) is 0. The number of anilines is 1. The Bertz CT molecular complexity index is 709. The van der Waals surface area contributed by atoms with E-state index in [9.17, 15) is 9.59 Å². The molecule has 0 saturated carbocycles. The number of nitrogens with zero attached hydrogens (tertiary/aromatic N) is 4. The van der Waals surface area contributed by atoms with E-state index in [0.717, 1.165) is 4.90 Å². The van der Waals surface area contributed by atoms with Crippen molar-refractivity contribution in [1.29, 1.82) is 0 Å². The highest BCUT2D eigenvalue weighted by atomic mass is 127. The summed E-state index contributed by atoms with van der Waals surface area (Å²) in [5, 5.41) is -0.0321. The topological polar surface area (TPSA) is 66.4 Å². The van der Waals surface area contributed by atoms with E-state index in [1.54, 1.807) is 67.2 Å².